The predicted octanol–water partition coefficient (Wildman–Crippen LogP) is 1.61. The van der Waals surface area contributed by atoms with Crippen LogP contribution in [0.25, 0.3) is 0 Å². The van der Waals surface area contributed by atoms with Crippen molar-refractivity contribution in [2.75, 3.05) is 33.2 Å². The molecule has 1 rings (SSSR count). The van der Waals surface area contributed by atoms with Gasteiger partial charge < -0.3 is 15.3 Å². The monoisotopic (exact) mass is 299 g/mol. The lowest BCUT2D eigenvalue weighted by Crippen LogP contribution is -2.60. The van der Waals surface area contributed by atoms with E-state index in [1.807, 2.05) is 11.8 Å². The van der Waals surface area contributed by atoms with E-state index >= 15 is 0 Å². The van der Waals surface area contributed by atoms with Gasteiger partial charge in [0.05, 0.1) is 0 Å². The fourth-order valence-corrected chi connectivity index (χ4v) is 2.47. The standard InChI is InChI=1S/C15H29N3O3/c1-12(5-6-13(19)20)7-8-16-14(21)18-10-9-17(4)15(2,3)11-18/h12H,5-11H2,1-4H3,(H,16,21)(H,19,20). The highest BCUT2D eigenvalue weighted by Gasteiger charge is 2.33. The molecule has 0 aromatic carbocycles. The zero-order valence-corrected chi connectivity index (χ0v) is 13.7. The number of carboxylic acids is 1. The lowest BCUT2D eigenvalue weighted by Gasteiger charge is -2.45. The minimum Gasteiger partial charge on any atom is -0.481 e. The van der Waals surface area contributed by atoms with Crippen molar-refractivity contribution in [3.05, 3.63) is 0 Å². The minimum absolute atomic E-state index is 0.00433. The van der Waals surface area contributed by atoms with Crippen LogP contribution in [0.2, 0.25) is 0 Å². The van der Waals surface area contributed by atoms with E-state index in [4.69, 9.17) is 5.11 Å². The third-order valence-electron chi connectivity index (χ3n) is 4.37. The summed E-state index contributed by atoms with van der Waals surface area (Å²) in [7, 11) is 2.08. The normalized spacial score (nSPS) is 20.1. The molecule has 0 spiro atoms. The number of carbonyl (C=O) groups excluding carboxylic acids is 1. The van der Waals surface area contributed by atoms with Gasteiger partial charge in [0.1, 0.15) is 0 Å². The summed E-state index contributed by atoms with van der Waals surface area (Å²) < 4.78 is 0. The van der Waals surface area contributed by atoms with Gasteiger partial charge in [-0.3, -0.25) is 9.69 Å². The predicted molar refractivity (Wildman–Crippen MR) is 82.3 cm³/mol. The Balaban J connectivity index is 2.26. The van der Waals surface area contributed by atoms with Gasteiger partial charge in [-0.25, -0.2) is 4.79 Å². The van der Waals surface area contributed by atoms with Gasteiger partial charge >= 0.3 is 12.0 Å². The van der Waals surface area contributed by atoms with Gasteiger partial charge in [-0.15, -0.1) is 0 Å². The molecular weight excluding hydrogens is 270 g/mol. The molecule has 1 aliphatic rings. The van der Waals surface area contributed by atoms with Crippen molar-refractivity contribution in [1.82, 2.24) is 15.1 Å². The van der Waals surface area contributed by atoms with Gasteiger partial charge in [-0.05, 0) is 39.7 Å². The molecule has 122 valence electrons. The van der Waals surface area contributed by atoms with Crippen LogP contribution in [0.3, 0.4) is 0 Å². The topological polar surface area (TPSA) is 72.9 Å². The van der Waals surface area contributed by atoms with Crippen molar-refractivity contribution in [3.8, 4) is 0 Å². The smallest absolute Gasteiger partial charge is 0.317 e. The number of nitrogens with zero attached hydrogens (tertiary/aromatic N) is 2. The van der Waals surface area contributed by atoms with Gasteiger partial charge in [0, 0.05) is 38.1 Å². The number of piperazine rings is 1. The van der Waals surface area contributed by atoms with E-state index in [0.29, 0.717) is 18.9 Å². The van der Waals surface area contributed by atoms with Crippen LogP contribution < -0.4 is 5.32 Å². The fraction of sp³-hybridized carbons (Fsp3) is 0.867. The average molecular weight is 299 g/mol. The van der Waals surface area contributed by atoms with Crippen molar-refractivity contribution in [2.24, 2.45) is 5.92 Å². The third-order valence-corrected chi connectivity index (χ3v) is 4.37. The second-order valence-corrected chi connectivity index (χ2v) is 6.71. The number of carboxylic acid groups (broad SMARTS) is 1. The van der Waals surface area contributed by atoms with E-state index in [0.717, 1.165) is 26.1 Å². The molecule has 0 aromatic heterocycles. The van der Waals surface area contributed by atoms with Crippen LogP contribution in [0.5, 0.6) is 0 Å². The first-order chi connectivity index (χ1) is 9.72. The zero-order valence-electron chi connectivity index (χ0n) is 13.7. The molecule has 0 radical (unpaired) electrons. The Morgan fingerprint density at radius 3 is 2.52 bits per heavy atom. The molecule has 0 aromatic rings. The van der Waals surface area contributed by atoms with Gasteiger partial charge in [-0.2, -0.15) is 0 Å². The summed E-state index contributed by atoms with van der Waals surface area (Å²) in [6, 6.07) is -0.0124. The summed E-state index contributed by atoms with van der Waals surface area (Å²) in [4.78, 5) is 26.8. The van der Waals surface area contributed by atoms with E-state index in [2.05, 4.69) is 31.1 Å². The van der Waals surface area contributed by atoms with E-state index < -0.39 is 5.97 Å². The van der Waals surface area contributed by atoms with Crippen molar-refractivity contribution >= 4 is 12.0 Å². The van der Waals surface area contributed by atoms with E-state index in [9.17, 15) is 9.59 Å². The number of amides is 2. The maximum Gasteiger partial charge on any atom is 0.317 e. The zero-order chi connectivity index (χ0) is 16.0. The Kier molecular flexibility index (Phi) is 6.45. The largest absolute Gasteiger partial charge is 0.481 e. The Morgan fingerprint density at radius 1 is 1.29 bits per heavy atom. The van der Waals surface area contributed by atoms with Crippen molar-refractivity contribution in [2.45, 2.75) is 45.6 Å². The van der Waals surface area contributed by atoms with Crippen LogP contribution in [-0.2, 0) is 4.79 Å². The number of likely N-dealkylation sites (N-methyl/N-ethyl adjacent to an activating group) is 1. The average Bonchev–Trinajstić information content (AvgIpc) is 2.39. The Morgan fingerprint density at radius 2 is 1.95 bits per heavy atom. The van der Waals surface area contributed by atoms with E-state index in [-0.39, 0.29) is 18.0 Å². The second kappa shape index (κ2) is 7.64. The van der Waals surface area contributed by atoms with Gasteiger partial charge in [0.15, 0.2) is 0 Å². The summed E-state index contributed by atoms with van der Waals surface area (Å²) >= 11 is 0. The molecule has 21 heavy (non-hydrogen) atoms. The molecule has 0 aliphatic carbocycles. The van der Waals surface area contributed by atoms with Crippen LogP contribution in [0.4, 0.5) is 4.79 Å². The molecule has 1 aliphatic heterocycles. The van der Waals surface area contributed by atoms with Gasteiger partial charge in [0.25, 0.3) is 0 Å². The SMILES string of the molecule is CC(CCNC(=O)N1CCN(C)C(C)(C)C1)CCC(=O)O. The molecule has 0 bridgehead atoms. The summed E-state index contributed by atoms with van der Waals surface area (Å²) in [5, 5.41) is 11.6. The molecule has 1 unspecified atom stereocenters. The Bertz CT molecular complexity index is 371. The number of aliphatic carboxylic acids is 1. The maximum absolute atomic E-state index is 12.1. The summed E-state index contributed by atoms with van der Waals surface area (Å²) in [6.45, 7) is 9.26. The number of rotatable bonds is 6. The molecule has 2 amide bonds. The van der Waals surface area contributed by atoms with Gasteiger partial charge in [-0.1, -0.05) is 6.92 Å². The summed E-state index contributed by atoms with van der Waals surface area (Å²) in [5.41, 5.74) is 0.00433. The molecule has 2 N–H and O–H groups in total. The van der Waals surface area contributed by atoms with Crippen molar-refractivity contribution in [3.63, 3.8) is 0 Å². The summed E-state index contributed by atoms with van der Waals surface area (Å²) in [5.74, 6) is -0.448. The first-order valence-corrected chi connectivity index (χ1v) is 7.68. The van der Waals surface area contributed by atoms with Crippen LogP contribution >= 0.6 is 0 Å². The van der Waals surface area contributed by atoms with Gasteiger partial charge in [0.2, 0.25) is 0 Å². The molecule has 1 atom stereocenters. The number of hydrogen-bond acceptors (Lipinski definition) is 3. The lowest BCUT2D eigenvalue weighted by molar-refractivity contribution is -0.137. The molecule has 1 fully saturated rings. The summed E-state index contributed by atoms with van der Waals surface area (Å²) in [6.07, 6.45) is 1.67. The molecular formula is C15H29N3O3. The Labute approximate surface area is 127 Å². The first-order valence-electron chi connectivity index (χ1n) is 7.68. The number of hydrogen-bond donors (Lipinski definition) is 2. The fourth-order valence-electron chi connectivity index (χ4n) is 2.47. The maximum atomic E-state index is 12.1. The van der Waals surface area contributed by atoms with E-state index in [1.54, 1.807) is 0 Å². The highest BCUT2D eigenvalue weighted by atomic mass is 16.4. The number of urea groups is 1. The highest BCUT2D eigenvalue weighted by molar-refractivity contribution is 5.74. The van der Waals surface area contributed by atoms with Crippen LogP contribution in [0, 0.1) is 5.92 Å². The molecule has 0 saturated carbocycles. The Hall–Kier alpha value is -1.30. The van der Waals surface area contributed by atoms with Crippen LogP contribution in [-0.4, -0.2) is 65.7 Å². The first kappa shape index (κ1) is 17.8. The quantitative estimate of drug-likeness (QED) is 0.781. The third kappa shape index (κ3) is 5.91. The molecule has 1 heterocycles. The number of carbonyl (C=O) groups is 2. The molecule has 6 nitrogen and oxygen atoms in total. The number of nitrogens with one attached hydrogen (secondary N) is 1. The lowest BCUT2D eigenvalue weighted by atomic mass is 10.00. The van der Waals surface area contributed by atoms with Crippen molar-refractivity contribution < 1.29 is 14.7 Å². The second-order valence-electron chi connectivity index (χ2n) is 6.71. The van der Waals surface area contributed by atoms with E-state index in [1.165, 1.54) is 0 Å². The minimum atomic E-state index is -0.759. The van der Waals surface area contributed by atoms with Crippen LogP contribution in [0.15, 0.2) is 0 Å². The van der Waals surface area contributed by atoms with Crippen molar-refractivity contribution in [1.29, 1.82) is 0 Å². The molecule has 1 saturated heterocycles. The highest BCUT2D eigenvalue weighted by Crippen LogP contribution is 2.18. The van der Waals surface area contributed by atoms with Crippen LogP contribution in [0.1, 0.15) is 40.0 Å². The molecule has 6 heteroatoms.